The first-order chi connectivity index (χ1) is 9.16. The minimum Gasteiger partial charge on any atom is -0.398 e. The first-order valence-electron chi connectivity index (χ1n) is 6.86. The quantitative estimate of drug-likeness (QED) is 0.781. The van der Waals surface area contributed by atoms with Crippen LogP contribution in [0.25, 0.3) is 0 Å². The first-order valence-corrected chi connectivity index (χ1v) is 8.44. The van der Waals surface area contributed by atoms with E-state index < -0.39 is 0 Å². The second-order valence-electron chi connectivity index (χ2n) is 5.46. The highest BCUT2D eigenvalue weighted by molar-refractivity contribution is 9.11. The number of benzene rings is 1. The van der Waals surface area contributed by atoms with Crippen LogP contribution in [-0.4, -0.2) is 31.1 Å². The monoisotopic (exact) mass is 387 g/mol. The predicted molar refractivity (Wildman–Crippen MR) is 86.2 cm³/mol. The van der Waals surface area contributed by atoms with Crippen LogP contribution in [-0.2, 0) is 0 Å². The summed E-state index contributed by atoms with van der Waals surface area (Å²) in [6.07, 6.45) is 2.66. The molecule has 0 aromatic heterocycles. The molecular formula is C14H19Br2N3. The summed E-state index contributed by atoms with van der Waals surface area (Å²) in [6, 6.07) is 4.71. The molecule has 19 heavy (non-hydrogen) atoms. The Morgan fingerprint density at radius 3 is 2.53 bits per heavy atom. The normalized spacial score (nSPS) is 22.4. The maximum absolute atomic E-state index is 6.31. The molecule has 0 unspecified atom stereocenters. The van der Waals surface area contributed by atoms with Crippen molar-refractivity contribution in [3.05, 3.63) is 26.6 Å². The molecule has 1 aliphatic heterocycles. The van der Waals surface area contributed by atoms with Crippen molar-refractivity contribution in [1.29, 1.82) is 0 Å². The number of rotatable bonds is 3. The summed E-state index contributed by atoms with van der Waals surface area (Å²) < 4.78 is 2.10. The molecule has 3 N–H and O–H groups in total. The highest BCUT2D eigenvalue weighted by Gasteiger charge is 2.38. The molecule has 2 aliphatic rings. The Kier molecular flexibility index (Phi) is 4.17. The molecule has 0 spiro atoms. The Labute approximate surface area is 131 Å². The summed E-state index contributed by atoms with van der Waals surface area (Å²) in [5.41, 5.74) is 8.50. The summed E-state index contributed by atoms with van der Waals surface area (Å²) in [5.74, 6) is 0.779. The second kappa shape index (κ2) is 5.72. The van der Waals surface area contributed by atoms with Gasteiger partial charge in [-0.15, -0.1) is 0 Å². The van der Waals surface area contributed by atoms with E-state index in [4.69, 9.17) is 5.73 Å². The van der Waals surface area contributed by atoms with Gasteiger partial charge in [0.05, 0.1) is 5.69 Å². The molecule has 104 valence electrons. The largest absolute Gasteiger partial charge is 0.398 e. The van der Waals surface area contributed by atoms with Crippen LogP contribution in [0, 0.1) is 5.92 Å². The number of hydrogen-bond acceptors (Lipinski definition) is 3. The van der Waals surface area contributed by atoms with E-state index in [-0.39, 0.29) is 0 Å². The van der Waals surface area contributed by atoms with Crippen molar-refractivity contribution < 1.29 is 0 Å². The molecule has 1 atom stereocenters. The third kappa shape index (κ3) is 2.99. The van der Waals surface area contributed by atoms with Crippen LogP contribution in [0.3, 0.4) is 0 Å². The second-order valence-corrected chi connectivity index (χ2v) is 7.23. The number of anilines is 1. The van der Waals surface area contributed by atoms with Gasteiger partial charge in [-0.05, 0) is 52.4 Å². The first kappa shape index (κ1) is 13.9. The highest BCUT2D eigenvalue weighted by Crippen LogP contribution is 2.47. The summed E-state index contributed by atoms with van der Waals surface area (Å²) in [6.45, 7) is 4.39. The van der Waals surface area contributed by atoms with Crippen molar-refractivity contribution in [2.45, 2.75) is 18.9 Å². The maximum Gasteiger partial charge on any atom is 0.0507 e. The summed E-state index contributed by atoms with van der Waals surface area (Å²) in [4.78, 5) is 2.60. The summed E-state index contributed by atoms with van der Waals surface area (Å²) in [7, 11) is 0. The van der Waals surface area contributed by atoms with Gasteiger partial charge < -0.3 is 11.1 Å². The van der Waals surface area contributed by atoms with Gasteiger partial charge in [0.2, 0.25) is 0 Å². The van der Waals surface area contributed by atoms with E-state index in [1.54, 1.807) is 0 Å². The van der Waals surface area contributed by atoms with Crippen LogP contribution in [0.5, 0.6) is 0 Å². The van der Waals surface area contributed by atoms with Crippen molar-refractivity contribution in [3.63, 3.8) is 0 Å². The zero-order valence-corrected chi connectivity index (χ0v) is 14.0. The fraction of sp³-hybridized carbons (Fsp3) is 0.571. The van der Waals surface area contributed by atoms with E-state index in [0.29, 0.717) is 6.04 Å². The minimum atomic E-state index is 0.482. The average Bonchev–Trinajstić information content (AvgIpc) is 3.21. The molecule has 2 fully saturated rings. The molecule has 1 saturated heterocycles. The van der Waals surface area contributed by atoms with Gasteiger partial charge in [0, 0.05) is 41.2 Å². The van der Waals surface area contributed by atoms with Crippen LogP contribution < -0.4 is 11.1 Å². The van der Waals surface area contributed by atoms with Crippen molar-refractivity contribution in [2.75, 3.05) is 31.9 Å². The lowest BCUT2D eigenvalue weighted by atomic mass is 9.98. The van der Waals surface area contributed by atoms with Crippen molar-refractivity contribution in [2.24, 2.45) is 5.92 Å². The predicted octanol–water partition coefficient (Wildman–Crippen LogP) is 3.15. The van der Waals surface area contributed by atoms with Crippen LogP contribution >= 0.6 is 31.9 Å². The summed E-state index contributed by atoms with van der Waals surface area (Å²) in [5, 5.41) is 3.43. The van der Waals surface area contributed by atoms with E-state index in [0.717, 1.165) is 46.7 Å². The third-order valence-corrected chi connectivity index (χ3v) is 5.17. The van der Waals surface area contributed by atoms with Gasteiger partial charge in [0.1, 0.15) is 0 Å². The molecule has 1 saturated carbocycles. The average molecular weight is 389 g/mol. The number of nitrogen functional groups attached to an aromatic ring is 1. The SMILES string of the molecule is Nc1c(Br)cc(Br)cc1[C@@H](C1CC1)N1CCNCC1. The molecular weight excluding hydrogens is 370 g/mol. The lowest BCUT2D eigenvalue weighted by Crippen LogP contribution is -2.45. The van der Waals surface area contributed by atoms with Crippen molar-refractivity contribution >= 4 is 37.5 Å². The number of nitrogens with zero attached hydrogens (tertiary/aromatic N) is 1. The molecule has 0 bridgehead atoms. The van der Waals surface area contributed by atoms with Gasteiger partial charge >= 0.3 is 0 Å². The number of nitrogens with two attached hydrogens (primary N) is 1. The van der Waals surface area contributed by atoms with E-state index >= 15 is 0 Å². The number of halogens is 2. The molecule has 3 rings (SSSR count). The molecule has 1 aromatic rings. The maximum atomic E-state index is 6.31. The van der Waals surface area contributed by atoms with Crippen LogP contribution in [0.1, 0.15) is 24.4 Å². The molecule has 1 aliphatic carbocycles. The zero-order valence-electron chi connectivity index (χ0n) is 10.8. The number of piperazine rings is 1. The van der Waals surface area contributed by atoms with E-state index in [9.17, 15) is 0 Å². The van der Waals surface area contributed by atoms with Gasteiger partial charge in [-0.2, -0.15) is 0 Å². The van der Waals surface area contributed by atoms with Gasteiger partial charge in [-0.3, -0.25) is 4.90 Å². The van der Waals surface area contributed by atoms with Crippen molar-refractivity contribution in [3.8, 4) is 0 Å². The molecule has 3 nitrogen and oxygen atoms in total. The minimum absolute atomic E-state index is 0.482. The Bertz CT molecular complexity index is 468. The molecule has 0 amide bonds. The fourth-order valence-corrected chi connectivity index (χ4v) is 4.23. The smallest absolute Gasteiger partial charge is 0.0507 e. The number of hydrogen-bond donors (Lipinski definition) is 2. The number of nitrogens with one attached hydrogen (secondary N) is 1. The molecule has 5 heteroatoms. The van der Waals surface area contributed by atoms with Crippen LogP contribution in [0.4, 0.5) is 5.69 Å². The van der Waals surface area contributed by atoms with E-state index in [1.807, 2.05) is 6.07 Å². The lowest BCUT2D eigenvalue weighted by molar-refractivity contribution is 0.156. The third-order valence-electron chi connectivity index (χ3n) is 4.06. The summed E-state index contributed by atoms with van der Waals surface area (Å²) >= 11 is 7.17. The van der Waals surface area contributed by atoms with E-state index in [2.05, 4.69) is 48.1 Å². The van der Waals surface area contributed by atoms with Gasteiger partial charge in [-0.1, -0.05) is 15.9 Å². The fourth-order valence-electron chi connectivity index (χ4n) is 2.97. The Morgan fingerprint density at radius 2 is 1.89 bits per heavy atom. The highest BCUT2D eigenvalue weighted by atomic mass is 79.9. The topological polar surface area (TPSA) is 41.3 Å². The van der Waals surface area contributed by atoms with E-state index in [1.165, 1.54) is 18.4 Å². The lowest BCUT2D eigenvalue weighted by Gasteiger charge is -2.36. The zero-order chi connectivity index (χ0) is 13.4. The molecule has 1 heterocycles. The Balaban J connectivity index is 1.95. The Hall–Kier alpha value is -0.100. The van der Waals surface area contributed by atoms with Crippen LogP contribution in [0.15, 0.2) is 21.1 Å². The molecule has 1 aromatic carbocycles. The molecule has 0 radical (unpaired) electrons. The Morgan fingerprint density at radius 1 is 1.21 bits per heavy atom. The van der Waals surface area contributed by atoms with Gasteiger partial charge in [-0.25, -0.2) is 0 Å². The standard InChI is InChI=1S/C14H19Br2N3/c15-10-7-11(13(17)12(16)8-10)14(9-1-2-9)19-5-3-18-4-6-19/h7-9,14,18H,1-6,17H2/t14-/m1/s1. The van der Waals surface area contributed by atoms with Gasteiger partial charge in [0.25, 0.3) is 0 Å². The van der Waals surface area contributed by atoms with Crippen LogP contribution in [0.2, 0.25) is 0 Å². The van der Waals surface area contributed by atoms with Gasteiger partial charge in [0.15, 0.2) is 0 Å². The van der Waals surface area contributed by atoms with Crippen molar-refractivity contribution in [1.82, 2.24) is 10.2 Å².